The molecule has 0 rings (SSSR count). The summed E-state index contributed by atoms with van der Waals surface area (Å²) in [6.45, 7) is 0.226. The average Bonchev–Trinajstić information content (AvgIpc) is 2.64. The van der Waals surface area contributed by atoms with E-state index >= 15 is 0 Å². The van der Waals surface area contributed by atoms with E-state index in [4.69, 9.17) is 22.9 Å². The quantitative estimate of drug-likeness (QED) is 0.0816. The Hall–Kier alpha value is -2.54. The highest BCUT2D eigenvalue weighted by Crippen LogP contribution is 2.05. The molecule has 0 aliphatic rings. The van der Waals surface area contributed by atoms with Crippen molar-refractivity contribution in [3.8, 4) is 0 Å². The van der Waals surface area contributed by atoms with Crippen LogP contribution in [0.4, 0.5) is 0 Å². The van der Waals surface area contributed by atoms with Crippen molar-refractivity contribution >= 4 is 41.4 Å². The van der Waals surface area contributed by atoms with Crippen LogP contribution in [0.25, 0.3) is 0 Å². The van der Waals surface area contributed by atoms with Crippen LogP contribution >= 0.6 is 11.8 Å². The Labute approximate surface area is 173 Å². The Bertz CT molecular complexity index is 598. The molecular weight excluding hydrogens is 402 g/mol. The Morgan fingerprint density at radius 3 is 2.14 bits per heavy atom. The predicted octanol–water partition coefficient (Wildman–Crippen LogP) is -2.56. The number of thioether (sulfide) groups is 1. The van der Waals surface area contributed by atoms with Crippen LogP contribution in [0.15, 0.2) is 4.99 Å². The van der Waals surface area contributed by atoms with Gasteiger partial charge in [-0.1, -0.05) is 0 Å². The van der Waals surface area contributed by atoms with Crippen molar-refractivity contribution in [3.63, 3.8) is 0 Å². The van der Waals surface area contributed by atoms with Crippen molar-refractivity contribution in [1.82, 2.24) is 10.6 Å². The van der Waals surface area contributed by atoms with Crippen LogP contribution < -0.4 is 33.6 Å². The molecule has 0 fully saturated rings. The van der Waals surface area contributed by atoms with Crippen LogP contribution in [0.3, 0.4) is 0 Å². The minimum Gasteiger partial charge on any atom is -0.480 e. The van der Waals surface area contributed by atoms with Crippen molar-refractivity contribution in [1.29, 1.82) is 0 Å². The third-order valence-electron chi connectivity index (χ3n) is 3.84. The normalized spacial score (nSPS) is 13.6. The summed E-state index contributed by atoms with van der Waals surface area (Å²) in [6, 6.07) is -3.13. The zero-order valence-electron chi connectivity index (χ0n) is 16.4. The molecule has 3 atom stereocenters. The summed E-state index contributed by atoms with van der Waals surface area (Å²) in [5.74, 6) is -2.60. The lowest BCUT2D eigenvalue weighted by Gasteiger charge is -2.22. The Morgan fingerprint density at radius 2 is 1.62 bits per heavy atom. The minimum absolute atomic E-state index is 0.0422. The molecule has 0 aromatic heterocycles. The number of hydrogen-bond acceptors (Lipinski definition) is 7. The zero-order valence-corrected chi connectivity index (χ0v) is 17.2. The number of carboxylic acids is 1. The van der Waals surface area contributed by atoms with Crippen LogP contribution in [0, 0.1) is 0 Å². The number of nitrogens with zero attached hydrogens (tertiary/aromatic N) is 1. The Balaban J connectivity index is 4.92. The molecule has 0 heterocycles. The molecule has 13 heteroatoms. The molecule has 0 aliphatic carbocycles. The maximum Gasteiger partial charge on any atom is 0.326 e. The third kappa shape index (κ3) is 12.5. The van der Waals surface area contributed by atoms with Gasteiger partial charge in [-0.25, -0.2) is 4.79 Å². The number of amides is 3. The van der Waals surface area contributed by atoms with E-state index in [0.29, 0.717) is 12.2 Å². The third-order valence-corrected chi connectivity index (χ3v) is 4.49. The van der Waals surface area contributed by atoms with Crippen LogP contribution in [-0.4, -0.2) is 71.4 Å². The first-order valence-electron chi connectivity index (χ1n) is 9.00. The second kappa shape index (κ2) is 14.5. The van der Waals surface area contributed by atoms with Gasteiger partial charge in [0, 0.05) is 13.0 Å². The van der Waals surface area contributed by atoms with Gasteiger partial charge in [-0.3, -0.25) is 19.4 Å². The van der Waals surface area contributed by atoms with Gasteiger partial charge in [-0.2, -0.15) is 11.8 Å². The first kappa shape index (κ1) is 26.5. The lowest BCUT2D eigenvalue weighted by Crippen LogP contribution is -2.54. The second-order valence-electron chi connectivity index (χ2n) is 6.30. The SMILES string of the molecule is CSCC[C@H](NC(=O)[C@@H](N)CCC(N)=O)C(=O)N[C@@H](CCCN=C(N)N)C(=O)O. The topological polar surface area (TPSA) is 229 Å². The van der Waals surface area contributed by atoms with Gasteiger partial charge in [0.25, 0.3) is 0 Å². The smallest absolute Gasteiger partial charge is 0.326 e. The summed E-state index contributed by atoms with van der Waals surface area (Å²) >= 11 is 1.46. The maximum absolute atomic E-state index is 12.5. The number of nitrogens with two attached hydrogens (primary N) is 4. The van der Waals surface area contributed by atoms with Gasteiger partial charge in [0.2, 0.25) is 17.7 Å². The van der Waals surface area contributed by atoms with Crippen LogP contribution in [0.5, 0.6) is 0 Å². The van der Waals surface area contributed by atoms with E-state index in [-0.39, 0.29) is 38.2 Å². The van der Waals surface area contributed by atoms with Gasteiger partial charge in [0.05, 0.1) is 6.04 Å². The number of primary amides is 1. The van der Waals surface area contributed by atoms with Crippen LogP contribution in [0.1, 0.15) is 32.1 Å². The number of carbonyl (C=O) groups is 4. The molecule has 0 saturated heterocycles. The average molecular weight is 434 g/mol. The van der Waals surface area contributed by atoms with Gasteiger partial charge in [-0.05, 0) is 37.7 Å². The lowest BCUT2D eigenvalue weighted by molar-refractivity contribution is -0.142. The van der Waals surface area contributed by atoms with Crippen molar-refractivity contribution in [3.05, 3.63) is 0 Å². The second-order valence-corrected chi connectivity index (χ2v) is 7.29. The van der Waals surface area contributed by atoms with Crippen molar-refractivity contribution in [2.75, 3.05) is 18.6 Å². The fraction of sp³-hybridized carbons (Fsp3) is 0.688. The molecule has 11 N–H and O–H groups in total. The van der Waals surface area contributed by atoms with E-state index in [1.165, 1.54) is 11.8 Å². The Kier molecular flexibility index (Phi) is 13.2. The number of rotatable bonds is 15. The van der Waals surface area contributed by atoms with Gasteiger partial charge >= 0.3 is 5.97 Å². The lowest BCUT2D eigenvalue weighted by atomic mass is 10.1. The van der Waals surface area contributed by atoms with E-state index in [9.17, 15) is 24.3 Å². The summed E-state index contributed by atoms with van der Waals surface area (Å²) in [4.78, 5) is 50.7. The summed E-state index contributed by atoms with van der Waals surface area (Å²) < 4.78 is 0. The van der Waals surface area contributed by atoms with Gasteiger partial charge in [0.1, 0.15) is 12.1 Å². The van der Waals surface area contributed by atoms with Crippen molar-refractivity contribution in [2.45, 2.75) is 50.2 Å². The monoisotopic (exact) mass is 433 g/mol. The number of carboxylic acid groups (broad SMARTS) is 1. The molecule has 166 valence electrons. The Morgan fingerprint density at radius 1 is 1.00 bits per heavy atom. The molecule has 0 aromatic rings. The molecule has 12 nitrogen and oxygen atoms in total. The largest absolute Gasteiger partial charge is 0.480 e. The summed E-state index contributed by atoms with van der Waals surface area (Å²) in [6.07, 6.45) is 2.54. The zero-order chi connectivity index (χ0) is 22.4. The molecular formula is C16H31N7O5S. The molecule has 0 radical (unpaired) electrons. The molecule has 0 unspecified atom stereocenters. The van der Waals surface area contributed by atoms with Crippen LogP contribution in [0.2, 0.25) is 0 Å². The highest BCUT2D eigenvalue weighted by atomic mass is 32.2. The molecule has 0 bridgehead atoms. The number of aliphatic imine (C=N–C) groups is 1. The van der Waals surface area contributed by atoms with Gasteiger partial charge in [-0.15, -0.1) is 0 Å². The first-order valence-corrected chi connectivity index (χ1v) is 10.4. The number of hydrogen-bond donors (Lipinski definition) is 7. The highest BCUT2D eigenvalue weighted by Gasteiger charge is 2.27. The summed E-state index contributed by atoms with van der Waals surface area (Å²) in [5, 5.41) is 14.3. The number of guanidine groups is 1. The molecule has 3 amide bonds. The predicted molar refractivity (Wildman–Crippen MR) is 111 cm³/mol. The highest BCUT2D eigenvalue weighted by molar-refractivity contribution is 7.98. The van der Waals surface area contributed by atoms with Crippen molar-refractivity contribution in [2.24, 2.45) is 27.9 Å². The first-order chi connectivity index (χ1) is 13.6. The number of nitrogens with one attached hydrogen (secondary N) is 2. The van der Waals surface area contributed by atoms with E-state index < -0.39 is 41.8 Å². The summed E-state index contributed by atoms with van der Waals surface area (Å²) in [5.41, 5.74) is 21.2. The fourth-order valence-corrected chi connectivity index (χ4v) is 2.72. The van der Waals surface area contributed by atoms with E-state index in [1.807, 2.05) is 6.26 Å². The maximum atomic E-state index is 12.5. The standard InChI is InChI=1S/C16H31N7O5S/c1-29-8-6-10(22-13(25)9(17)4-5-12(18)24)14(26)23-11(15(27)28)3-2-7-21-16(19)20/h9-11H,2-8,17H2,1H3,(H2,18,24)(H,22,25)(H,23,26)(H,27,28)(H4,19,20,21)/t9-,10-,11-/m0/s1. The van der Waals surface area contributed by atoms with Gasteiger partial charge in [0.15, 0.2) is 5.96 Å². The van der Waals surface area contributed by atoms with Crippen LogP contribution in [-0.2, 0) is 19.2 Å². The number of aliphatic carboxylic acids is 1. The van der Waals surface area contributed by atoms with Gasteiger partial charge < -0.3 is 38.7 Å². The molecule has 0 aliphatic heterocycles. The van der Waals surface area contributed by atoms with E-state index in [2.05, 4.69) is 15.6 Å². The fourth-order valence-electron chi connectivity index (χ4n) is 2.25. The number of carbonyl (C=O) groups excluding carboxylic acids is 3. The van der Waals surface area contributed by atoms with E-state index in [1.54, 1.807) is 0 Å². The van der Waals surface area contributed by atoms with E-state index in [0.717, 1.165) is 0 Å². The molecule has 0 aromatic carbocycles. The van der Waals surface area contributed by atoms with Crippen molar-refractivity contribution < 1.29 is 24.3 Å². The molecule has 0 saturated carbocycles. The minimum atomic E-state index is -1.21. The molecule has 29 heavy (non-hydrogen) atoms. The molecule has 0 spiro atoms. The summed E-state index contributed by atoms with van der Waals surface area (Å²) in [7, 11) is 0.